The lowest BCUT2D eigenvalue weighted by Crippen LogP contribution is -2.28. The summed E-state index contributed by atoms with van der Waals surface area (Å²) in [5.74, 6) is -0.480. The van der Waals surface area contributed by atoms with Crippen LogP contribution in [0.25, 0.3) is 0 Å². The Morgan fingerprint density at radius 3 is 2.61 bits per heavy atom. The number of methoxy groups -OCH3 is 1. The van der Waals surface area contributed by atoms with E-state index in [1.807, 2.05) is 29.2 Å². The summed E-state index contributed by atoms with van der Waals surface area (Å²) in [6.07, 6.45) is 5.73. The minimum absolute atomic E-state index is 0.0286. The second kappa shape index (κ2) is 7.44. The summed E-state index contributed by atoms with van der Waals surface area (Å²) in [6, 6.07) is 7.93. The van der Waals surface area contributed by atoms with Gasteiger partial charge in [-0.25, -0.2) is 0 Å². The molecule has 0 saturated carbocycles. The van der Waals surface area contributed by atoms with Gasteiger partial charge in [0.15, 0.2) is 5.76 Å². The molecule has 146 valence electrons. The number of aliphatic hydroxyl groups is 1. The maximum absolute atomic E-state index is 12.5. The number of β-amino-alcohol motifs (C(OH)–C–C–N with tert-alkyl or cyclic N) is 1. The summed E-state index contributed by atoms with van der Waals surface area (Å²) >= 11 is 0. The smallest absolute Gasteiger partial charge is 0.274 e. The number of allylic oxidation sites excluding steroid dienone is 6. The molecular weight excluding hydrogens is 360 g/mol. The lowest BCUT2D eigenvalue weighted by molar-refractivity contribution is -0.419. The number of carbonyl (C=O) groups excluding carboxylic acids is 1. The first-order valence-corrected chi connectivity index (χ1v) is 8.88. The third-order valence-electron chi connectivity index (χ3n) is 5.04. The second-order valence-corrected chi connectivity index (χ2v) is 7.06. The zero-order chi connectivity index (χ0) is 20.5. The Kier molecular flexibility index (Phi) is 5.20. The molecule has 1 aromatic carbocycles. The molecule has 0 spiro atoms. The summed E-state index contributed by atoms with van der Waals surface area (Å²) in [5, 5.41) is 20.7. The second-order valence-electron chi connectivity index (χ2n) is 7.06. The van der Waals surface area contributed by atoms with E-state index in [0.717, 1.165) is 23.0 Å². The van der Waals surface area contributed by atoms with Crippen LogP contribution in [0.1, 0.15) is 19.4 Å². The van der Waals surface area contributed by atoms with Crippen LogP contribution in [-0.2, 0) is 14.9 Å². The molecule has 1 heterocycles. The maximum atomic E-state index is 12.5. The Morgan fingerprint density at radius 1 is 1.25 bits per heavy atom. The van der Waals surface area contributed by atoms with Crippen LogP contribution in [0.3, 0.4) is 0 Å². The van der Waals surface area contributed by atoms with Crippen molar-refractivity contribution in [2.24, 2.45) is 0 Å². The Morgan fingerprint density at radius 2 is 1.96 bits per heavy atom. The molecule has 1 aromatic rings. The van der Waals surface area contributed by atoms with Gasteiger partial charge in [-0.05, 0) is 23.8 Å². The summed E-state index contributed by atoms with van der Waals surface area (Å²) in [7, 11) is 1.31. The van der Waals surface area contributed by atoms with Crippen molar-refractivity contribution in [3.63, 3.8) is 0 Å². The molecule has 7 nitrogen and oxygen atoms in total. The maximum Gasteiger partial charge on any atom is 0.274 e. The molecule has 0 saturated heterocycles. The summed E-state index contributed by atoms with van der Waals surface area (Å²) in [6.45, 7) is 4.51. The van der Waals surface area contributed by atoms with Gasteiger partial charge >= 0.3 is 0 Å². The predicted octanol–water partition coefficient (Wildman–Crippen LogP) is 2.86. The zero-order valence-electron chi connectivity index (χ0n) is 16.0. The van der Waals surface area contributed by atoms with Crippen LogP contribution in [-0.4, -0.2) is 36.1 Å². The number of ether oxygens (including phenoxy) is 1. The molecule has 0 radical (unpaired) electrons. The molecule has 0 bridgehead atoms. The fourth-order valence-corrected chi connectivity index (χ4v) is 3.64. The highest BCUT2D eigenvalue weighted by Gasteiger charge is 2.39. The average Bonchev–Trinajstić information content (AvgIpc) is 2.88. The molecule has 1 aliphatic heterocycles. The molecule has 1 N–H and O–H groups in total. The van der Waals surface area contributed by atoms with E-state index >= 15 is 0 Å². The van der Waals surface area contributed by atoms with Crippen molar-refractivity contribution in [1.29, 1.82) is 0 Å². The van der Waals surface area contributed by atoms with Crippen LogP contribution in [0, 0.1) is 10.1 Å². The third-order valence-corrected chi connectivity index (χ3v) is 5.04. The van der Waals surface area contributed by atoms with Crippen molar-refractivity contribution in [3.8, 4) is 0 Å². The van der Waals surface area contributed by atoms with E-state index < -0.39 is 10.7 Å². The number of nitrogens with zero attached hydrogens (tertiary/aromatic N) is 2. The number of rotatable bonds is 5. The Bertz CT molecular complexity index is 953. The first-order chi connectivity index (χ1) is 13.3. The number of anilines is 1. The van der Waals surface area contributed by atoms with Crippen molar-refractivity contribution in [1.82, 2.24) is 0 Å². The van der Waals surface area contributed by atoms with Gasteiger partial charge in [0.05, 0.1) is 24.7 Å². The van der Waals surface area contributed by atoms with E-state index in [4.69, 9.17) is 4.74 Å². The van der Waals surface area contributed by atoms with Crippen LogP contribution < -0.4 is 4.90 Å². The normalized spacial score (nSPS) is 20.9. The molecule has 28 heavy (non-hydrogen) atoms. The Balaban J connectivity index is 2.08. The molecule has 0 atom stereocenters. The monoisotopic (exact) mass is 382 g/mol. The van der Waals surface area contributed by atoms with E-state index in [2.05, 4.69) is 13.8 Å². The van der Waals surface area contributed by atoms with E-state index in [1.54, 1.807) is 12.2 Å². The number of para-hydroxylation sites is 1. The van der Waals surface area contributed by atoms with Gasteiger partial charge in [-0.2, -0.15) is 0 Å². The molecule has 3 rings (SSSR count). The zero-order valence-corrected chi connectivity index (χ0v) is 16.0. The minimum atomic E-state index is -0.556. The van der Waals surface area contributed by atoms with Crippen LogP contribution in [0.2, 0.25) is 0 Å². The first kappa shape index (κ1) is 19.6. The Labute approximate surface area is 163 Å². The Hall–Kier alpha value is -3.19. The largest absolute Gasteiger partial charge is 0.492 e. The van der Waals surface area contributed by atoms with E-state index in [-0.39, 0.29) is 29.1 Å². The molecule has 1 aliphatic carbocycles. The van der Waals surface area contributed by atoms with Gasteiger partial charge in [-0.3, -0.25) is 14.9 Å². The number of nitro groups is 1. The molecule has 2 aliphatic rings. The van der Waals surface area contributed by atoms with Gasteiger partial charge in [0.25, 0.3) is 5.70 Å². The molecular formula is C21H22N2O5. The number of hydrogen-bond acceptors (Lipinski definition) is 6. The van der Waals surface area contributed by atoms with E-state index in [0.29, 0.717) is 6.54 Å². The molecule has 0 fully saturated rings. The number of hydrogen-bond donors (Lipinski definition) is 1. The van der Waals surface area contributed by atoms with Gasteiger partial charge in [-0.15, -0.1) is 0 Å². The fraction of sp³-hybridized carbons (Fsp3) is 0.286. The summed E-state index contributed by atoms with van der Waals surface area (Å²) in [5.41, 5.74) is 2.63. The number of carbonyl (C=O) groups is 1. The molecule has 0 unspecified atom stereocenters. The average molecular weight is 382 g/mol. The summed E-state index contributed by atoms with van der Waals surface area (Å²) < 4.78 is 5.00. The standard InChI is InChI=1S/C21H22N2O5/c1-21(2)16-6-4-5-7-17(16)22(10-11-24)19(21)9-8-14-12-15(23(26)27)13-18(28-3)20(14)25/h4-9,12-13,24H,10-11H2,1-3H3/b14-8+,19-9+. The van der Waals surface area contributed by atoms with Gasteiger partial charge in [0.2, 0.25) is 5.78 Å². The van der Waals surface area contributed by atoms with Crippen LogP contribution in [0.15, 0.2) is 71.3 Å². The first-order valence-electron chi connectivity index (χ1n) is 8.88. The van der Waals surface area contributed by atoms with Crippen LogP contribution in [0.5, 0.6) is 0 Å². The van der Waals surface area contributed by atoms with Crippen molar-refractivity contribution in [3.05, 3.63) is 87.0 Å². The summed E-state index contributed by atoms with van der Waals surface area (Å²) in [4.78, 5) is 25.1. The highest BCUT2D eigenvalue weighted by molar-refractivity contribution is 6.10. The van der Waals surface area contributed by atoms with Crippen LogP contribution >= 0.6 is 0 Å². The van der Waals surface area contributed by atoms with Crippen molar-refractivity contribution in [2.75, 3.05) is 25.2 Å². The predicted molar refractivity (Wildman–Crippen MR) is 105 cm³/mol. The number of benzene rings is 1. The van der Waals surface area contributed by atoms with Crippen LogP contribution in [0.4, 0.5) is 5.69 Å². The molecule has 0 amide bonds. The third kappa shape index (κ3) is 3.25. The number of aliphatic hydroxyl groups excluding tert-OH is 1. The van der Waals surface area contributed by atoms with Crippen molar-refractivity contribution >= 4 is 11.5 Å². The van der Waals surface area contributed by atoms with Gasteiger partial charge < -0.3 is 14.7 Å². The number of fused-ring (bicyclic) bond motifs is 1. The molecule has 0 aromatic heterocycles. The van der Waals surface area contributed by atoms with Crippen molar-refractivity contribution in [2.45, 2.75) is 19.3 Å². The minimum Gasteiger partial charge on any atom is -0.492 e. The van der Waals surface area contributed by atoms with Gasteiger partial charge in [-0.1, -0.05) is 32.0 Å². The number of Topliss-reactive ketones (excluding diaryl/α,β-unsaturated/α-hetero) is 1. The lowest BCUT2D eigenvalue weighted by atomic mass is 9.83. The lowest BCUT2D eigenvalue weighted by Gasteiger charge is -2.26. The SMILES string of the molecule is COC1=CC([N+](=O)[O-])=C/C(=C\C=C2\N(CCO)c3ccccc3C2(C)C)C1=O. The topological polar surface area (TPSA) is 92.9 Å². The van der Waals surface area contributed by atoms with Crippen molar-refractivity contribution < 1.29 is 19.6 Å². The van der Waals surface area contributed by atoms with E-state index in [1.165, 1.54) is 13.2 Å². The molecule has 7 heteroatoms. The van der Waals surface area contributed by atoms with E-state index in [9.17, 15) is 20.0 Å². The van der Waals surface area contributed by atoms with Gasteiger partial charge in [0, 0.05) is 35.0 Å². The highest BCUT2D eigenvalue weighted by atomic mass is 16.6. The highest BCUT2D eigenvalue weighted by Crippen LogP contribution is 2.47. The quantitative estimate of drug-likeness (QED) is 0.478. The number of ketones is 1. The van der Waals surface area contributed by atoms with Gasteiger partial charge in [0.1, 0.15) is 0 Å². The fourth-order valence-electron chi connectivity index (χ4n) is 3.64.